The fourth-order valence-electron chi connectivity index (χ4n) is 2.25. The second kappa shape index (κ2) is 4.95. The maximum Gasteiger partial charge on any atom is 0.164 e. The third-order valence-electron chi connectivity index (χ3n) is 3.13. The lowest BCUT2D eigenvalue weighted by Crippen LogP contribution is -1.97. The molecule has 0 radical (unpaired) electrons. The van der Waals surface area contributed by atoms with Crippen LogP contribution in [0.2, 0.25) is 4.34 Å². The van der Waals surface area contributed by atoms with Crippen LogP contribution < -0.4 is 0 Å². The molecule has 0 N–H and O–H groups in total. The van der Waals surface area contributed by atoms with Gasteiger partial charge in [0.2, 0.25) is 0 Å². The van der Waals surface area contributed by atoms with Crippen LogP contribution in [0.1, 0.15) is 0 Å². The lowest BCUT2D eigenvalue weighted by molar-refractivity contribution is 1.07. The molecule has 102 valence electrons. The summed E-state index contributed by atoms with van der Waals surface area (Å²) in [5.41, 5.74) is 2.66. The monoisotopic (exact) mass is 312 g/mol. The van der Waals surface area contributed by atoms with Crippen molar-refractivity contribution < 1.29 is 0 Å². The fraction of sp³-hybridized carbons (Fsp3) is 0. The number of aromatic nitrogens is 4. The van der Waals surface area contributed by atoms with Crippen LogP contribution in [0.15, 0.2) is 55.0 Å². The van der Waals surface area contributed by atoms with Crippen LogP contribution in [-0.2, 0) is 0 Å². The normalized spacial score (nSPS) is 11.1. The highest BCUT2D eigenvalue weighted by Crippen LogP contribution is 2.33. The van der Waals surface area contributed by atoms with E-state index < -0.39 is 0 Å². The molecule has 0 aliphatic heterocycles. The molecule has 4 rings (SSSR count). The third-order valence-corrected chi connectivity index (χ3v) is 4.36. The molecule has 4 heterocycles. The van der Waals surface area contributed by atoms with Gasteiger partial charge in [0.15, 0.2) is 11.5 Å². The standard InChI is InChI=1S/C15H9ClN4S/c16-13-4-3-12(21-13)15-19-11-2-1-7-18-14(11)20(15)10-5-8-17-9-6-10/h1-9H. The zero-order valence-corrected chi connectivity index (χ0v) is 12.3. The molecule has 4 nitrogen and oxygen atoms in total. The summed E-state index contributed by atoms with van der Waals surface area (Å²) in [5.74, 6) is 0.840. The zero-order chi connectivity index (χ0) is 14.2. The zero-order valence-electron chi connectivity index (χ0n) is 10.8. The highest BCUT2D eigenvalue weighted by Gasteiger charge is 2.16. The number of rotatable bonds is 2. The maximum absolute atomic E-state index is 6.06. The molecular formula is C15H9ClN4S. The van der Waals surface area contributed by atoms with Crippen molar-refractivity contribution >= 4 is 34.1 Å². The Bertz CT molecular complexity index is 914. The Morgan fingerprint density at radius 2 is 1.86 bits per heavy atom. The van der Waals surface area contributed by atoms with Gasteiger partial charge in [0.25, 0.3) is 0 Å². The molecule has 6 heteroatoms. The molecule has 0 amide bonds. The van der Waals surface area contributed by atoms with Crippen LogP contribution in [0, 0.1) is 0 Å². The molecule has 21 heavy (non-hydrogen) atoms. The summed E-state index contributed by atoms with van der Waals surface area (Å²) >= 11 is 7.57. The molecule has 4 aromatic rings. The molecule has 0 fully saturated rings. The van der Waals surface area contributed by atoms with Crippen LogP contribution in [0.4, 0.5) is 0 Å². The number of hydrogen-bond acceptors (Lipinski definition) is 4. The fourth-order valence-corrected chi connectivity index (χ4v) is 3.27. The minimum Gasteiger partial charge on any atom is -0.276 e. The molecular weight excluding hydrogens is 304 g/mol. The summed E-state index contributed by atoms with van der Waals surface area (Å²) in [6.07, 6.45) is 5.29. The van der Waals surface area contributed by atoms with Gasteiger partial charge in [-0.15, -0.1) is 11.3 Å². The van der Waals surface area contributed by atoms with Crippen molar-refractivity contribution in [3.05, 3.63) is 59.3 Å². The highest BCUT2D eigenvalue weighted by molar-refractivity contribution is 7.19. The molecule has 0 aromatic carbocycles. The number of nitrogens with zero attached hydrogens (tertiary/aromatic N) is 4. The van der Waals surface area contributed by atoms with E-state index in [0.717, 1.165) is 31.9 Å². The van der Waals surface area contributed by atoms with Gasteiger partial charge < -0.3 is 0 Å². The largest absolute Gasteiger partial charge is 0.276 e. The SMILES string of the molecule is Clc1ccc(-c2nc3cccnc3n2-c2ccncc2)s1. The number of thiophene rings is 1. The van der Waals surface area contributed by atoms with E-state index in [1.165, 1.54) is 11.3 Å². The first kappa shape index (κ1) is 12.5. The van der Waals surface area contributed by atoms with E-state index in [4.69, 9.17) is 16.6 Å². The van der Waals surface area contributed by atoms with Gasteiger partial charge in [-0.2, -0.15) is 0 Å². The van der Waals surface area contributed by atoms with Crippen molar-refractivity contribution in [2.24, 2.45) is 0 Å². The number of hydrogen-bond donors (Lipinski definition) is 0. The van der Waals surface area contributed by atoms with Crippen molar-refractivity contribution in [2.45, 2.75) is 0 Å². The van der Waals surface area contributed by atoms with Gasteiger partial charge in [-0.05, 0) is 36.4 Å². The second-order valence-electron chi connectivity index (χ2n) is 4.43. The molecule has 4 aromatic heterocycles. The molecule has 0 bridgehead atoms. The van der Waals surface area contributed by atoms with Crippen molar-refractivity contribution in [3.63, 3.8) is 0 Å². The first-order valence-corrected chi connectivity index (χ1v) is 7.52. The summed E-state index contributed by atoms with van der Waals surface area (Å²) in [5, 5.41) is 0. The molecule has 0 saturated heterocycles. The molecule has 0 unspecified atom stereocenters. The molecule has 0 aliphatic rings. The Kier molecular flexibility index (Phi) is 2.94. The van der Waals surface area contributed by atoms with E-state index >= 15 is 0 Å². The Morgan fingerprint density at radius 1 is 1.00 bits per heavy atom. The molecule has 0 aliphatic carbocycles. The Morgan fingerprint density at radius 3 is 2.62 bits per heavy atom. The van der Waals surface area contributed by atoms with E-state index in [9.17, 15) is 0 Å². The average molecular weight is 313 g/mol. The number of halogens is 1. The van der Waals surface area contributed by atoms with Crippen LogP contribution in [0.3, 0.4) is 0 Å². The van der Waals surface area contributed by atoms with E-state index in [1.807, 2.05) is 41.0 Å². The second-order valence-corrected chi connectivity index (χ2v) is 6.14. The van der Waals surface area contributed by atoms with Gasteiger partial charge in [0.1, 0.15) is 5.52 Å². The van der Waals surface area contributed by atoms with Gasteiger partial charge in [0.05, 0.1) is 14.9 Å². The van der Waals surface area contributed by atoms with Crippen molar-refractivity contribution in [3.8, 4) is 16.4 Å². The van der Waals surface area contributed by atoms with Crippen LogP contribution in [0.25, 0.3) is 27.6 Å². The van der Waals surface area contributed by atoms with Crippen molar-refractivity contribution in [1.29, 1.82) is 0 Å². The van der Waals surface area contributed by atoms with Gasteiger partial charge in [-0.3, -0.25) is 9.55 Å². The number of imidazole rings is 1. The van der Waals surface area contributed by atoms with E-state index in [-0.39, 0.29) is 0 Å². The first-order valence-electron chi connectivity index (χ1n) is 6.32. The van der Waals surface area contributed by atoms with Gasteiger partial charge >= 0.3 is 0 Å². The summed E-state index contributed by atoms with van der Waals surface area (Å²) in [7, 11) is 0. The summed E-state index contributed by atoms with van der Waals surface area (Å²) in [6.45, 7) is 0. The quantitative estimate of drug-likeness (QED) is 0.557. The Hall–Kier alpha value is -2.24. The Balaban J connectivity index is 2.06. The van der Waals surface area contributed by atoms with Gasteiger partial charge in [0, 0.05) is 18.6 Å². The van der Waals surface area contributed by atoms with Gasteiger partial charge in [-0.25, -0.2) is 9.97 Å². The molecule has 0 saturated carbocycles. The summed E-state index contributed by atoms with van der Waals surface area (Å²) in [4.78, 5) is 14.2. The predicted octanol–water partition coefficient (Wildman–Crippen LogP) is 4.20. The van der Waals surface area contributed by atoms with Crippen LogP contribution >= 0.6 is 22.9 Å². The van der Waals surface area contributed by atoms with E-state index in [2.05, 4.69) is 9.97 Å². The van der Waals surface area contributed by atoms with Gasteiger partial charge in [-0.1, -0.05) is 11.6 Å². The number of pyridine rings is 2. The smallest absolute Gasteiger partial charge is 0.164 e. The van der Waals surface area contributed by atoms with Crippen molar-refractivity contribution in [2.75, 3.05) is 0 Å². The lowest BCUT2D eigenvalue weighted by atomic mass is 10.3. The predicted molar refractivity (Wildman–Crippen MR) is 85.0 cm³/mol. The minimum atomic E-state index is 0.742. The highest BCUT2D eigenvalue weighted by atomic mass is 35.5. The lowest BCUT2D eigenvalue weighted by Gasteiger charge is -2.06. The van der Waals surface area contributed by atoms with Crippen molar-refractivity contribution in [1.82, 2.24) is 19.5 Å². The van der Waals surface area contributed by atoms with Crippen LogP contribution in [-0.4, -0.2) is 19.5 Å². The minimum absolute atomic E-state index is 0.742. The summed E-state index contributed by atoms with van der Waals surface area (Å²) < 4.78 is 2.77. The summed E-state index contributed by atoms with van der Waals surface area (Å²) in [6, 6.07) is 11.6. The topological polar surface area (TPSA) is 43.6 Å². The first-order chi connectivity index (χ1) is 10.3. The van der Waals surface area contributed by atoms with E-state index in [0.29, 0.717) is 0 Å². The molecule has 0 spiro atoms. The van der Waals surface area contributed by atoms with E-state index in [1.54, 1.807) is 18.6 Å². The average Bonchev–Trinajstić information content (AvgIpc) is 3.11. The van der Waals surface area contributed by atoms with Crippen LogP contribution in [0.5, 0.6) is 0 Å². The number of fused-ring (bicyclic) bond motifs is 1. The maximum atomic E-state index is 6.06. The Labute approximate surface area is 129 Å². The third kappa shape index (κ3) is 2.11. The molecule has 0 atom stereocenters.